The Morgan fingerprint density at radius 3 is 2.26 bits per heavy atom. The number of carbonyl (C=O) groups is 1. The second-order valence-electron chi connectivity index (χ2n) is 6.59. The van der Waals surface area contributed by atoms with Gasteiger partial charge in [-0.05, 0) is 57.7 Å². The first-order valence-corrected chi connectivity index (χ1v) is 8.40. The van der Waals surface area contributed by atoms with Crippen LogP contribution in [0.4, 0.5) is 0 Å². The van der Waals surface area contributed by atoms with Crippen molar-refractivity contribution in [3.8, 4) is 0 Å². The molecule has 0 bridgehead atoms. The molecule has 0 aliphatic rings. The number of aryl methyl sites for hydroxylation is 1. The maximum atomic E-state index is 12.7. The number of rotatable bonds is 5. The molecule has 1 heterocycles. The van der Waals surface area contributed by atoms with Crippen molar-refractivity contribution in [3.63, 3.8) is 0 Å². The van der Waals surface area contributed by atoms with E-state index in [2.05, 4.69) is 61.8 Å². The zero-order valence-corrected chi connectivity index (χ0v) is 15.2. The van der Waals surface area contributed by atoms with Crippen LogP contribution in [0, 0.1) is 20.8 Å². The van der Waals surface area contributed by atoms with Gasteiger partial charge in [0, 0.05) is 18.3 Å². The fraction of sp³-hybridized carbons (Fsp3) is 0.450. The summed E-state index contributed by atoms with van der Waals surface area (Å²) in [5.74, 6) is 0.0208. The normalized spacial score (nSPS) is 11.1. The molecular formula is C20H28N2O. The molecule has 1 amide bonds. The van der Waals surface area contributed by atoms with Crippen LogP contribution in [0.15, 0.2) is 24.3 Å². The van der Waals surface area contributed by atoms with Gasteiger partial charge in [-0.3, -0.25) is 4.79 Å². The number of hydrogen-bond acceptors (Lipinski definition) is 1. The minimum absolute atomic E-state index is 0.0208. The Hall–Kier alpha value is -2.03. The Morgan fingerprint density at radius 1 is 1.13 bits per heavy atom. The van der Waals surface area contributed by atoms with Crippen molar-refractivity contribution in [2.24, 2.45) is 0 Å². The largest absolute Gasteiger partial charge is 0.349 e. The highest BCUT2D eigenvalue weighted by atomic mass is 16.2. The standard InChI is InChI=1S/C20H28N2O/c1-7-18-15(5)19(20(23)21-13(2)3)22(16(18)6)12-17-10-8-14(4)9-11-17/h8-11,13H,7,12H2,1-6H3,(H,21,23). The molecule has 23 heavy (non-hydrogen) atoms. The summed E-state index contributed by atoms with van der Waals surface area (Å²) >= 11 is 0. The number of amides is 1. The number of benzene rings is 1. The van der Waals surface area contributed by atoms with E-state index in [0.717, 1.165) is 24.2 Å². The molecule has 0 radical (unpaired) electrons. The smallest absolute Gasteiger partial charge is 0.268 e. The molecule has 3 nitrogen and oxygen atoms in total. The number of aromatic nitrogens is 1. The lowest BCUT2D eigenvalue weighted by atomic mass is 10.1. The second kappa shape index (κ2) is 7.03. The highest BCUT2D eigenvalue weighted by molar-refractivity contribution is 5.95. The second-order valence-corrected chi connectivity index (χ2v) is 6.59. The van der Waals surface area contributed by atoms with E-state index in [1.807, 2.05) is 13.8 Å². The third kappa shape index (κ3) is 3.66. The van der Waals surface area contributed by atoms with Crippen molar-refractivity contribution in [2.75, 3.05) is 0 Å². The van der Waals surface area contributed by atoms with E-state index in [1.165, 1.54) is 22.4 Å². The van der Waals surface area contributed by atoms with E-state index >= 15 is 0 Å². The van der Waals surface area contributed by atoms with E-state index in [-0.39, 0.29) is 11.9 Å². The van der Waals surface area contributed by atoms with Crippen molar-refractivity contribution >= 4 is 5.91 Å². The number of nitrogens with one attached hydrogen (secondary N) is 1. The molecule has 124 valence electrons. The van der Waals surface area contributed by atoms with Gasteiger partial charge in [0.25, 0.3) is 5.91 Å². The van der Waals surface area contributed by atoms with Gasteiger partial charge in [0.2, 0.25) is 0 Å². The predicted octanol–water partition coefficient (Wildman–Crippen LogP) is 4.16. The Balaban J connectivity index is 2.47. The number of carbonyl (C=O) groups excluding carboxylic acids is 1. The summed E-state index contributed by atoms with van der Waals surface area (Å²) < 4.78 is 2.16. The molecule has 0 spiro atoms. The highest BCUT2D eigenvalue weighted by Gasteiger charge is 2.22. The summed E-state index contributed by atoms with van der Waals surface area (Å²) in [5.41, 5.74) is 6.85. The van der Waals surface area contributed by atoms with Crippen LogP contribution >= 0.6 is 0 Å². The van der Waals surface area contributed by atoms with Gasteiger partial charge >= 0.3 is 0 Å². The molecule has 0 unspecified atom stereocenters. The molecule has 0 aliphatic heterocycles. The van der Waals surface area contributed by atoms with Crippen molar-refractivity contribution in [1.29, 1.82) is 0 Å². The molecule has 0 saturated carbocycles. The summed E-state index contributed by atoms with van der Waals surface area (Å²) in [6.07, 6.45) is 0.945. The van der Waals surface area contributed by atoms with Crippen LogP contribution < -0.4 is 5.32 Å². The predicted molar refractivity (Wildman–Crippen MR) is 96.2 cm³/mol. The Kier molecular flexibility index (Phi) is 5.30. The molecule has 1 N–H and O–H groups in total. The first kappa shape index (κ1) is 17.3. The lowest BCUT2D eigenvalue weighted by molar-refractivity contribution is 0.0933. The minimum atomic E-state index is 0.0208. The van der Waals surface area contributed by atoms with Crippen LogP contribution in [-0.4, -0.2) is 16.5 Å². The molecule has 1 aromatic heterocycles. The zero-order valence-electron chi connectivity index (χ0n) is 15.2. The monoisotopic (exact) mass is 312 g/mol. The van der Waals surface area contributed by atoms with E-state index in [0.29, 0.717) is 0 Å². The van der Waals surface area contributed by atoms with E-state index in [9.17, 15) is 4.79 Å². The number of nitrogens with zero attached hydrogens (tertiary/aromatic N) is 1. The van der Waals surface area contributed by atoms with Gasteiger partial charge in [-0.1, -0.05) is 36.8 Å². The van der Waals surface area contributed by atoms with Crippen LogP contribution in [0.1, 0.15) is 59.2 Å². The molecular weight excluding hydrogens is 284 g/mol. The third-order valence-corrected chi connectivity index (χ3v) is 4.37. The van der Waals surface area contributed by atoms with Crippen LogP contribution in [-0.2, 0) is 13.0 Å². The first-order valence-electron chi connectivity index (χ1n) is 8.40. The Bertz CT molecular complexity index is 693. The molecule has 2 aromatic rings. The summed E-state index contributed by atoms with van der Waals surface area (Å²) in [6, 6.07) is 8.65. The number of hydrogen-bond donors (Lipinski definition) is 1. The minimum Gasteiger partial charge on any atom is -0.349 e. The topological polar surface area (TPSA) is 34.0 Å². The lowest BCUT2D eigenvalue weighted by Gasteiger charge is -2.14. The van der Waals surface area contributed by atoms with Gasteiger partial charge < -0.3 is 9.88 Å². The van der Waals surface area contributed by atoms with Crippen LogP contribution in [0.3, 0.4) is 0 Å². The fourth-order valence-electron chi connectivity index (χ4n) is 3.17. The molecule has 0 saturated heterocycles. The van der Waals surface area contributed by atoms with Crippen molar-refractivity contribution in [2.45, 2.75) is 60.5 Å². The third-order valence-electron chi connectivity index (χ3n) is 4.37. The SMILES string of the molecule is CCc1c(C)c(C(=O)NC(C)C)n(Cc2ccc(C)cc2)c1C. The zero-order chi connectivity index (χ0) is 17.1. The van der Waals surface area contributed by atoms with Gasteiger partial charge in [0.1, 0.15) is 5.69 Å². The quantitative estimate of drug-likeness (QED) is 0.883. The van der Waals surface area contributed by atoms with Gasteiger partial charge in [-0.25, -0.2) is 0 Å². The molecule has 0 atom stereocenters. The maximum absolute atomic E-state index is 12.7. The Morgan fingerprint density at radius 2 is 1.74 bits per heavy atom. The van der Waals surface area contributed by atoms with Gasteiger partial charge in [0.05, 0.1) is 0 Å². The molecule has 2 rings (SSSR count). The van der Waals surface area contributed by atoms with Gasteiger partial charge in [-0.15, -0.1) is 0 Å². The van der Waals surface area contributed by atoms with E-state index < -0.39 is 0 Å². The first-order chi connectivity index (χ1) is 10.8. The highest BCUT2D eigenvalue weighted by Crippen LogP contribution is 2.24. The van der Waals surface area contributed by atoms with Crippen LogP contribution in [0.2, 0.25) is 0 Å². The average molecular weight is 312 g/mol. The summed E-state index contributed by atoms with van der Waals surface area (Å²) in [7, 11) is 0. The van der Waals surface area contributed by atoms with E-state index in [1.54, 1.807) is 0 Å². The maximum Gasteiger partial charge on any atom is 0.268 e. The van der Waals surface area contributed by atoms with Crippen LogP contribution in [0.25, 0.3) is 0 Å². The Labute approximate surface area is 139 Å². The summed E-state index contributed by atoms with van der Waals surface area (Å²) in [5, 5.41) is 3.04. The molecule has 0 fully saturated rings. The summed E-state index contributed by atoms with van der Waals surface area (Å²) in [4.78, 5) is 12.7. The lowest BCUT2D eigenvalue weighted by Crippen LogP contribution is -2.32. The molecule has 3 heteroatoms. The van der Waals surface area contributed by atoms with Gasteiger partial charge in [0.15, 0.2) is 0 Å². The average Bonchev–Trinajstić information content (AvgIpc) is 2.71. The summed E-state index contributed by atoms with van der Waals surface area (Å²) in [6.45, 7) is 13.1. The van der Waals surface area contributed by atoms with E-state index in [4.69, 9.17) is 0 Å². The fourth-order valence-corrected chi connectivity index (χ4v) is 3.17. The molecule has 0 aliphatic carbocycles. The van der Waals surface area contributed by atoms with Crippen molar-refractivity contribution in [3.05, 3.63) is 57.9 Å². The van der Waals surface area contributed by atoms with Crippen LogP contribution in [0.5, 0.6) is 0 Å². The molecule has 1 aromatic carbocycles. The van der Waals surface area contributed by atoms with Gasteiger partial charge in [-0.2, -0.15) is 0 Å². The van der Waals surface area contributed by atoms with Crippen molar-refractivity contribution < 1.29 is 4.79 Å². The van der Waals surface area contributed by atoms with Crippen molar-refractivity contribution in [1.82, 2.24) is 9.88 Å².